The van der Waals surface area contributed by atoms with E-state index in [0.29, 0.717) is 0 Å². The van der Waals surface area contributed by atoms with Gasteiger partial charge in [-0.25, -0.2) is 0 Å². The van der Waals surface area contributed by atoms with Crippen molar-refractivity contribution in [3.05, 3.63) is 225 Å². The number of benzene rings is 9. The van der Waals surface area contributed by atoms with Crippen LogP contribution < -0.4 is 4.90 Å². The van der Waals surface area contributed by atoms with Gasteiger partial charge >= 0.3 is 0 Å². The van der Waals surface area contributed by atoms with Gasteiger partial charge in [-0.3, -0.25) is 19.9 Å². The van der Waals surface area contributed by atoms with Crippen LogP contribution in [0.25, 0.3) is 109 Å². The van der Waals surface area contributed by atoms with Gasteiger partial charge in [0.15, 0.2) is 0 Å². The molecule has 0 bridgehead atoms. The zero-order valence-electron chi connectivity index (χ0n) is 35.1. The molecule has 0 unspecified atom stereocenters. The first-order chi connectivity index (χ1) is 32.2. The molecule has 0 aliphatic heterocycles. The number of pyridine rings is 4. The number of anilines is 3. The molecular weight excluding hydrogens is 791 g/mol. The number of hydrogen-bond acceptors (Lipinski definition) is 5. The normalized spacial score (nSPS) is 11.7. The van der Waals surface area contributed by atoms with E-state index < -0.39 is 0 Å². The molecular formula is C60H37N5. The lowest BCUT2D eigenvalue weighted by molar-refractivity contribution is 1.28. The van der Waals surface area contributed by atoms with E-state index >= 15 is 0 Å². The topological polar surface area (TPSA) is 54.8 Å². The summed E-state index contributed by atoms with van der Waals surface area (Å²) in [6.07, 6.45) is 7.84. The van der Waals surface area contributed by atoms with Gasteiger partial charge < -0.3 is 4.90 Å². The van der Waals surface area contributed by atoms with Gasteiger partial charge in [-0.2, -0.15) is 0 Å². The highest BCUT2D eigenvalue weighted by molar-refractivity contribution is 6.10. The summed E-state index contributed by atoms with van der Waals surface area (Å²) in [6.45, 7) is 0. The van der Waals surface area contributed by atoms with Gasteiger partial charge in [0.2, 0.25) is 0 Å². The second-order valence-corrected chi connectivity index (χ2v) is 16.8. The first-order valence-electron chi connectivity index (χ1n) is 21.9. The minimum absolute atomic E-state index is 0.907. The van der Waals surface area contributed by atoms with E-state index in [-0.39, 0.29) is 0 Å². The second-order valence-electron chi connectivity index (χ2n) is 16.8. The lowest BCUT2D eigenvalue weighted by atomic mass is 9.96. The summed E-state index contributed by atoms with van der Waals surface area (Å²) in [5.74, 6) is 0. The molecule has 9 aromatic carbocycles. The highest BCUT2D eigenvalue weighted by Gasteiger charge is 2.16. The van der Waals surface area contributed by atoms with Crippen LogP contribution in [0.1, 0.15) is 0 Å². The Balaban J connectivity index is 0.882. The monoisotopic (exact) mass is 827 g/mol. The lowest BCUT2D eigenvalue weighted by Gasteiger charge is -2.26. The largest absolute Gasteiger partial charge is 0.310 e. The van der Waals surface area contributed by atoms with E-state index in [1.807, 2.05) is 49.1 Å². The molecule has 0 aliphatic carbocycles. The molecule has 0 saturated heterocycles. The minimum atomic E-state index is 0.907. The maximum absolute atomic E-state index is 4.93. The number of para-hydroxylation sites is 2. The van der Waals surface area contributed by atoms with Crippen molar-refractivity contribution in [1.29, 1.82) is 0 Å². The number of nitrogens with zero attached hydrogens (tertiary/aromatic N) is 5. The van der Waals surface area contributed by atoms with E-state index in [1.165, 1.54) is 43.4 Å². The maximum Gasteiger partial charge on any atom is 0.0709 e. The zero-order valence-corrected chi connectivity index (χ0v) is 35.1. The van der Waals surface area contributed by atoms with Crippen LogP contribution in [0.5, 0.6) is 0 Å². The van der Waals surface area contributed by atoms with Crippen LogP contribution in [0.2, 0.25) is 0 Å². The number of fused-ring (bicyclic) bond motifs is 10. The average Bonchev–Trinajstić information content (AvgIpc) is 3.38. The summed E-state index contributed by atoms with van der Waals surface area (Å²) in [4.78, 5) is 21.6. The molecule has 0 saturated carbocycles. The summed E-state index contributed by atoms with van der Waals surface area (Å²) >= 11 is 0. The highest BCUT2D eigenvalue weighted by atomic mass is 15.1. The fourth-order valence-electron chi connectivity index (χ4n) is 9.58. The van der Waals surface area contributed by atoms with Gasteiger partial charge in [-0.1, -0.05) is 127 Å². The molecule has 5 heteroatoms. The molecule has 4 aromatic heterocycles. The summed E-state index contributed by atoms with van der Waals surface area (Å²) in [5, 5.41) is 13.9. The highest BCUT2D eigenvalue weighted by Crippen LogP contribution is 2.40. The molecule has 0 aliphatic rings. The molecule has 13 aromatic rings. The number of rotatable bonds is 6. The van der Waals surface area contributed by atoms with E-state index in [0.717, 1.165) is 82.9 Å². The Bertz CT molecular complexity index is 3850. The van der Waals surface area contributed by atoms with Crippen LogP contribution in [-0.4, -0.2) is 19.9 Å². The summed E-state index contributed by atoms with van der Waals surface area (Å²) in [5.41, 5.74) is 11.4. The van der Waals surface area contributed by atoms with Gasteiger partial charge in [0, 0.05) is 85.3 Å². The molecule has 5 nitrogen and oxygen atoms in total. The summed E-state index contributed by atoms with van der Waals surface area (Å²) in [7, 11) is 0. The first kappa shape index (κ1) is 36.8. The zero-order chi connectivity index (χ0) is 42.8. The van der Waals surface area contributed by atoms with Gasteiger partial charge in [-0.15, -0.1) is 0 Å². The lowest BCUT2D eigenvalue weighted by Crippen LogP contribution is -2.10. The van der Waals surface area contributed by atoms with Gasteiger partial charge in [0.25, 0.3) is 0 Å². The van der Waals surface area contributed by atoms with E-state index in [1.54, 1.807) is 0 Å². The third-order valence-corrected chi connectivity index (χ3v) is 12.9. The quantitative estimate of drug-likeness (QED) is 0.156. The van der Waals surface area contributed by atoms with Crippen LogP contribution in [0.3, 0.4) is 0 Å². The van der Waals surface area contributed by atoms with Crippen molar-refractivity contribution in [1.82, 2.24) is 19.9 Å². The standard InChI is InChI=1S/C60H37N5/c1-2-8-41-29-42(14-13-38(41)7-1)43-21-27-51-44(30-43)15-16-45-31-50(26-28-52(45)51)65(48-22-17-39(18-23-48)59-32-46-34-61-57-11-5-3-9-53(57)55(46)36-63-59)49-24-19-40(20-25-49)60-33-47-35-62-58-12-6-4-10-54(58)56(47)37-64-60/h1-37H. The van der Waals surface area contributed by atoms with E-state index in [9.17, 15) is 0 Å². The predicted molar refractivity (Wildman–Crippen MR) is 271 cm³/mol. The van der Waals surface area contributed by atoms with Gasteiger partial charge in [0.05, 0.1) is 22.4 Å². The average molecular weight is 828 g/mol. The van der Waals surface area contributed by atoms with Crippen molar-refractivity contribution in [2.45, 2.75) is 0 Å². The Morgan fingerprint density at radius 1 is 0.246 bits per heavy atom. The molecule has 0 N–H and O–H groups in total. The third-order valence-electron chi connectivity index (χ3n) is 12.9. The number of hydrogen-bond donors (Lipinski definition) is 0. The Hall–Kier alpha value is -8.80. The molecule has 4 heterocycles. The van der Waals surface area contributed by atoms with Crippen LogP contribution in [0.15, 0.2) is 225 Å². The molecule has 13 rings (SSSR count). The van der Waals surface area contributed by atoms with E-state index in [4.69, 9.17) is 19.9 Å². The predicted octanol–water partition coefficient (Wildman–Crippen LogP) is 15.8. The third kappa shape index (κ3) is 6.40. The van der Waals surface area contributed by atoms with Crippen molar-refractivity contribution in [3.63, 3.8) is 0 Å². The van der Waals surface area contributed by atoms with Crippen molar-refractivity contribution in [2.75, 3.05) is 4.90 Å². The first-order valence-corrected chi connectivity index (χ1v) is 21.9. The molecule has 0 atom stereocenters. The Morgan fingerprint density at radius 2 is 0.692 bits per heavy atom. The SMILES string of the molecule is c1ccc2cc(-c3ccc4c(ccc5cc(N(c6ccc(-c7cc8cnc9ccccc9c8cn7)cc6)c6ccc(-c7cc8cnc9ccccc9c8cn7)cc6)ccc54)c3)ccc2c1. The Labute approximate surface area is 374 Å². The van der Waals surface area contributed by atoms with Crippen LogP contribution >= 0.6 is 0 Å². The van der Waals surface area contributed by atoms with Crippen molar-refractivity contribution in [2.24, 2.45) is 0 Å². The molecule has 0 amide bonds. The van der Waals surface area contributed by atoms with Crippen molar-refractivity contribution >= 4 is 92.7 Å². The minimum Gasteiger partial charge on any atom is -0.310 e. The fourth-order valence-corrected chi connectivity index (χ4v) is 9.58. The molecule has 65 heavy (non-hydrogen) atoms. The van der Waals surface area contributed by atoms with Crippen molar-refractivity contribution < 1.29 is 0 Å². The molecule has 0 radical (unpaired) electrons. The number of aromatic nitrogens is 4. The Kier molecular flexibility index (Phi) is 8.46. The molecule has 302 valence electrons. The van der Waals surface area contributed by atoms with Crippen LogP contribution in [0.4, 0.5) is 17.1 Å². The maximum atomic E-state index is 4.93. The second kappa shape index (κ2) is 14.9. The fraction of sp³-hybridized carbons (Fsp3) is 0. The van der Waals surface area contributed by atoms with Gasteiger partial charge in [0.1, 0.15) is 0 Å². The van der Waals surface area contributed by atoms with Crippen LogP contribution in [0, 0.1) is 0 Å². The van der Waals surface area contributed by atoms with E-state index in [2.05, 4.69) is 181 Å². The van der Waals surface area contributed by atoms with Crippen molar-refractivity contribution in [3.8, 4) is 33.6 Å². The summed E-state index contributed by atoms with van der Waals surface area (Å²) < 4.78 is 0. The summed E-state index contributed by atoms with van der Waals surface area (Å²) in [6, 6.07) is 71.5. The molecule has 0 fully saturated rings. The van der Waals surface area contributed by atoms with Gasteiger partial charge in [-0.05, 0) is 116 Å². The van der Waals surface area contributed by atoms with Crippen LogP contribution in [-0.2, 0) is 0 Å². The molecule has 0 spiro atoms. The smallest absolute Gasteiger partial charge is 0.0709 e. The Morgan fingerprint density at radius 3 is 1.29 bits per heavy atom.